The minimum absolute atomic E-state index is 0.117. The van der Waals surface area contributed by atoms with Crippen molar-refractivity contribution in [2.45, 2.75) is 192 Å². The van der Waals surface area contributed by atoms with Crippen LogP contribution in [0.25, 0.3) is 0 Å². The molecule has 3 aliphatic heterocycles. The molecule has 0 radical (unpaired) electrons. The fourth-order valence-corrected chi connectivity index (χ4v) is 9.63. The highest BCUT2D eigenvalue weighted by Gasteiger charge is 2.52. The van der Waals surface area contributed by atoms with Gasteiger partial charge in [-0.1, -0.05) is 26.0 Å². The van der Waals surface area contributed by atoms with Crippen LogP contribution in [0, 0.1) is 17.8 Å². The molecule has 18 atom stereocenters. The van der Waals surface area contributed by atoms with Crippen LogP contribution in [0.15, 0.2) is 6.20 Å². The molecule has 0 amide bonds. The molecule has 0 aromatic carbocycles. The summed E-state index contributed by atoms with van der Waals surface area (Å²) in [7, 11) is 7.10. The second kappa shape index (κ2) is 20.1. The maximum atomic E-state index is 14.4. The second-order valence-electron chi connectivity index (χ2n) is 18.8. The van der Waals surface area contributed by atoms with Gasteiger partial charge in [-0.25, -0.2) is 0 Å². The third-order valence-electron chi connectivity index (χ3n) is 13.5. The average molecular weight is 842 g/mol. The van der Waals surface area contributed by atoms with E-state index in [1.165, 1.54) is 14.0 Å². The molecule has 3 saturated heterocycles. The topological polar surface area (TPSA) is 211 Å². The average Bonchev–Trinajstić information content (AvgIpc) is 3.59. The van der Waals surface area contributed by atoms with Gasteiger partial charge in [0, 0.05) is 57.2 Å². The summed E-state index contributed by atoms with van der Waals surface area (Å²) in [6.45, 7) is 18.6. The van der Waals surface area contributed by atoms with Crippen LogP contribution < -0.4 is 0 Å². The lowest BCUT2D eigenvalue weighted by molar-refractivity contribution is -0.318. The summed E-state index contributed by atoms with van der Waals surface area (Å²) in [6.07, 6.45) is -6.19. The number of carbonyl (C=O) groups excluding carboxylic acids is 1. The molecule has 59 heavy (non-hydrogen) atoms. The van der Waals surface area contributed by atoms with E-state index in [1.54, 1.807) is 46.1 Å². The maximum Gasteiger partial charge on any atom is 0.311 e. The number of aromatic nitrogens is 3. The van der Waals surface area contributed by atoms with Crippen molar-refractivity contribution in [3.8, 4) is 0 Å². The maximum absolute atomic E-state index is 14.4. The van der Waals surface area contributed by atoms with Crippen LogP contribution in [-0.2, 0) is 39.6 Å². The fourth-order valence-electron chi connectivity index (χ4n) is 9.63. The van der Waals surface area contributed by atoms with Gasteiger partial charge in [0.15, 0.2) is 12.6 Å². The Morgan fingerprint density at radius 3 is 2.27 bits per heavy atom. The van der Waals surface area contributed by atoms with E-state index in [9.17, 15) is 30.3 Å². The summed E-state index contributed by atoms with van der Waals surface area (Å²) in [5.74, 6) is -2.69. The zero-order valence-electron chi connectivity index (χ0n) is 38.0. The van der Waals surface area contributed by atoms with Crippen molar-refractivity contribution in [3.05, 3.63) is 11.9 Å². The minimum atomic E-state index is -1.82. The number of hydrogen-bond acceptors (Lipinski definition) is 16. The van der Waals surface area contributed by atoms with Crippen LogP contribution in [0.2, 0.25) is 0 Å². The molecular formula is C41H76BN5O12. The molecule has 0 aliphatic carbocycles. The summed E-state index contributed by atoms with van der Waals surface area (Å²) in [5, 5.41) is 67.3. The fraction of sp³-hybridized carbons (Fsp3) is 0.927. The van der Waals surface area contributed by atoms with Crippen molar-refractivity contribution in [1.29, 1.82) is 0 Å². The smallest absolute Gasteiger partial charge is 0.311 e. The van der Waals surface area contributed by atoms with Crippen molar-refractivity contribution in [1.82, 2.24) is 24.7 Å². The van der Waals surface area contributed by atoms with Crippen LogP contribution >= 0.6 is 0 Å². The summed E-state index contributed by atoms with van der Waals surface area (Å²) in [6, 6.07) is -0.917. The Morgan fingerprint density at radius 1 is 1.02 bits per heavy atom. The molecule has 4 heterocycles. The van der Waals surface area contributed by atoms with Gasteiger partial charge < -0.3 is 68.3 Å². The van der Waals surface area contributed by atoms with Gasteiger partial charge in [-0.15, -0.1) is 5.10 Å². The van der Waals surface area contributed by atoms with Crippen LogP contribution in [0.3, 0.4) is 0 Å². The van der Waals surface area contributed by atoms with Gasteiger partial charge in [-0.3, -0.25) is 4.79 Å². The number of rotatable bonds is 10. The van der Waals surface area contributed by atoms with E-state index in [0.29, 0.717) is 25.9 Å². The van der Waals surface area contributed by atoms with E-state index in [4.69, 9.17) is 28.4 Å². The number of hydrogen-bond donors (Lipinski definition) is 5. The molecule has 0 spiro atoms. The number of likely N-dealkylation sites (N-methyl/N-ethyl adjacent to an activating group) is 2. The molecule has 1 aromatic rings. The van der Waals surface area contributed by atoms with Gasteiger partial charge in [0.05, 0.1) is 47.2 Å². The number of carbonyl (C=O) groups is 1. The van der Waals surface area contributed by atoms with E-state index in [0.717, 1.165) is 5.69 Å². The first-order chi connectivity index (χ1) is 27.4. The zero-order valence-corrected chi connectivity index (χ0v) is 38.0. The highest BCUT2D eigenvalue weighted by molar-refractivity contribution is 6.05. The lowest BCUT2D eigenvalue weighted by Crippen LogP contribution is -2.61. The second-order valence-corrected chi connectivity index (χ2v) is 18.8. The van der Waals surface area contributed by atoms with E-state index in [2.05, 4.69) is 15.2 Å². The highest BCUT2D eigenvalue weighted by Crippen LogP contribution is 2.40. The predicted molar refractivity (Wildman–Crippen MR) is 221 cm³/mol. The van der Waals surface area contributed by atoms with Crippen LogP contribution in [0.5, 0.6) is 0 Å². The monoisotopic (exact) mass is 842 g/mol. The summed E-state index contributed by atoms with van der Waals surface area (Å²) in [5.41, 5.74) is -3.63. The molecule has 17 nitrogen and oxygen atoms in total. The molecule has 4 rings (SSSR count). The summed E-state index contributed by atoms with van der Waals surface area (Å²) < 4.78 is 39.7. The Kier molecular flexibility index (Phi) is 17.0. The van der Waals surface area contributed by atoms with E-state index < -0.39 is 96.0 Å². The van der Waals surface area contributed by atoms with E-state index in [-0.39, 0.29) is 37.3 Å². The first kappa shape index (κ1) is 49.8. The molecule has 5 N–H and O–H groups in total. The first-order valence-electron chi connectivity index (χ1n) is 21.5. The number of methoxy groups -OCH3 is 1. The lowest BCUT2D eigenvalue weighted by Gasteiger charge is -2.49. The molecule has 340 valence electrons. The largest absolute Gasteiger partial charge is 0.459 e. The van der Waals surface area contributed by atoms with Crippen molar-refractivity contribution in [2.24, 2.45) is 17.8 Å². The quantitative estimate of drug-likeness (QED) is 0.161. The molecular weight excluding hydrogens is 765 g/mol. The van der Waals surface area contributed by atoms with Gasteiger partial charge in [0.1, 0.15) is 30.0 Å². The van der Waals surface area contributed by atoms with Crippen molar-refractivity contribution in [2.75, 3.05) is 34.3 Å². The van der Waals surface area contributed by atoms with Gasteiger partial charge in [-0.2, -0.15) is 0 Å². The zero-order chi connectivity index (χ0) is 44.4. The lowest BCUT2D eigenvalue weighted by atomic mass is 9.77. The van der Waals surface area contributed by atoms with Crippen molar-refractivity contribution in [3.63, 3.8) is 0 Å². The highest BCUT2D eigenvalue weighted by atomic mass is 16.7. The molecule has 0 unspecified atom stereocenters. The van der Waals surface area contributed by atoms with Crippen molar-refractivity contribution >= 4 is 14.0 Å². The van der Waals surface area contributed by atoms with Crippen LogP contribution in [0.4, 0.5) is 0 Å². The van der Waals surface area contributed by atoms with Crippen molar-refractivity contribution < 1.29 is 58.7 Å². The number of aliphatic hydroxyl groups excluding tert-OH is 3. The Bertz CT molecular complexity index is 1490. The molecule has 0 bridgehead atoms. The molecule has 18 heteroatoms. The normalized spacial score (nSPS) is 45.1. The number of ether oxygens (including phenoxy) is 6. The number of cyclic esters (lactones) is 1. The van der Waals surface area contributed by atoms with Gasteiger partial charge >= 0.3 is 5.97 Å². The van der Waals surface area contributed by atoms with Gasteiger partial charge in [0.25, 0.3) is 7.98 Å². The third kappa shape index (κ3) is 11.6. The third-order valence-corrected chi connectivity index (χ3v) is 13.5. The number of esters is 1. The van der Waals surface area contributed by atoms with E-state index in [1.807, 2.05) is 53.9 Å². The molecule has 1 aromatic heterocycles. The van der Waals surface area contributed by atoms with Gasteiger partial charge in [-0.05, 0) is 87.7 Å². The van der Waals surface area contributed by atoms with E-state index >= 15 is 0 Å². The predicted octanol–water partition coefficient (Wildman–Crippen LogP) is 0.501. The standard InChI is InChI=1S/C41H76BN5O12/c1-14-30-41(10,53)34(49)26(6)46(12)20-22(2)18-39(8,52)36(59-38-32(48)29(17-23(3)55-38)45(11)16-15-28-21-47(42)44-43-28)24(4)33(25(5)37(51)57-30)58-31-19-40(9,54-13)35(50)27(7)56-31/h21-27,29-36,38,48-50,52-53H,14-20,42H2,1-13H3/t22-,23-,24+,25-,26-,27+,29+,30-,31+,32-,33+,34-,35+,36-,38+,39-,40-,41-/m1/s1. The molecule has 3 fully saturated rings. The summed E-state index contributed by atoms with van der Waals surface area (Å²) >= 11 is 0. The Balaban J connectivity index is 1.77. The number of nitrogens with zero attached hydrogens (tertiary/aromatic N) is 5. The summed E-state index contributed by atoms with van der Waals surface area (Å²) in [4.78, 5) is 18.3. The number of aliphatic hydroxyl groups is 5. The van der Waals surface area contributed by atoms with Gasteiger partial charge in [0.2, 0.25) is 0 Å². The Morgan fingerprint density at radius 2 is 1.68 bits per heavy atom. The minimum Gasteiger partial charge on any atom is -0.459 e. The molecule has 0 saturated carbocycles. The van der Waals surface area contributed by atoms with Crippen LogP contribution in [-0.4, -0.2) is 189 Å². The Labute approximate surface area is 352 Å². The molecule has 3 aliphatic rings. The SMILES string of the molecule is Bn1cc(CCN(C)[C@H]2C[C@@H](C)O[C@@H](O[C@@H]3[C@@H](C)[C@H](O[C@H]4C[C@@](C)(OC)[C@@H](O)[C@H](C)O4)[C@@H](C)C(=O)O[C@H](CC)[C@@](C)(O)[C@H](O)[C@@H](C)N(C)C[C@H](C)C[C@@]3(C)O)[C@@H]2O)nn1. The van der Waals surface area contributed by atoms with Crippen LogP contribution in [0.1, 0.15) is 101 Å². The Hall–Kier alpha value is -1.81. The first-order valence-corrected chi connectivity index (χ1v) is 21.5.